The molecule has 0 unspecified atom stereocenters. The summed E-state index contributed by atoms with van der Waals surface area (Å²) in [7, 11) is 0. The Morgan fingerprint density at radius 2 is 1.74 bits per heavy atom. The maximum Gasteiger partial charge on any atom is 0.451 e. The summed E-state index contributed by atoms with van der Waals surface area (Å²) in [5.41, 5.74) is 7.21. The highest BCUT2D eigenvalue weighted by Gasteiger charge is 2.34. The van der Waals surface area contributed by atoms with Crippen LogP contribution in [0.2, 0.25) is 0 Å². The molecule has 0 radical (unpaired) electrons. The van der Waals surface area contributed by atoms with E-state index in [1.807, 2.05) is 0 Å². The average Bonchev–Trinajstić information content (AvgIpc) is 2.38. The lowest BCUT2D eigenvalue weighted by Crippen LogP contribution is -2.10. The average molecular weight is 291 g/mol. The van der Waals surface area contributed by atoms with Crippen molar-refractivity contribution in [1.29, 1.82) is 0 Å². The molecule has 19 heavy (non-hydrogen) atoms. The fourth-order valence-corrected chi connectivity index (χ4v) is 1.37. The molecule has 0 aromatic carbocycles. The molecule has 102 valence electrons. The minimum absolute atomic E-state index is 0. The van der Waals surface area contributed by atoms with Gasteiger partial charge in [-0.25, -0.2) is 9.97 Å². The van der Waals surface area contributed by atoms with Gasteiger partial charge in [-0.2, -0.15) is 13.2 Å². The summed E-state index contributed by atoms with van der Waals surface area (Å²) in [5, 5.41) is 0. The monoisotopic (exact) mass is 290 g/mol. The number of hydrogen-bond donors (Lipinski definition) is 1. The lowest BCUT2D eigenvalue weighted by molar-refractivity contribution is -0.144. The molecule has 0 saturated heterocycles. The van der Waals surface area contributed by atoms with Gasteiger partial charge in [0.2, 0.25) is 5.82 Å². The van der Waals surface area contributed by atoms with Gasteiger partial charge < -0.3 is 5.73 Å². The molecule has 2 aromatic heterocycles. The molecule has 0 bridgehead atoms. The van der Waals surface area contributed by atoms with Crippen molar-refractivity contribution in [3.05, 3.63) is 42.1 Å². The van der Waals surface area contributed by atoms with Gasteiger partial charge in [0, 0.05) is 30.7 Å². The van der Waals surface area contributed by atoms with E-state index in [0.717, 1.165) is 18.0 Å². The molecule has 0 spiro atoms. The number of pyridine rings is 1. The molecule has 0 aliphatic heterocycles. The lowest BCUT2D eigenvalue weighted by Gasteiger charge is -2.05. The van der Waals surface area contributed by atoms with Crippen molar-refractivity contribution in [3.8, 4) is 11.3 Å². The minimum atomic E-state index is -4.54. The first-order chi connectivity index (χ1) is 8.50. The largest absolute Gasteiger partial charge is 0.451 e. The topological polar surface area (TPSA) is 64.7 Å². The Labute approximate surface area is 113 Å². The molecule has 2 heterocycles. The van der Waals surface area contributed by atoms with E-state index < -0.39 is 12.0 Å². The number of halogens is 4. The quantitative estimate of drug-likeness (QED) is 0.922. The molecule has 2 rings (SSSR count). The normalized spacial score (nSPS) is 10.9. The van der Waals surface area contributed by atoms with Gasteiger partial charge in [0.05, 0.1) is 5.69 Å². The summed E-state index contributed by atoms with van der Waals surface area (Å²) in [6, 6.07) is 3.42. The fourth-order valence-electron chi connectivity index (χ4n) is 1.37. The fraction of sp³-hybridized carbons (Fsp3) is 0.182. The van der Waals surface area contributed by atoms with E-state index in [4.69, 9.17) is 5.73 Å². The molecule has 2 aromatic rings. The van der Waals surface area contributed by atoms with E-state index in [1.54, 1.807) is 12.1 Å². The number of aromatic nitrogens is 3. The van der Waals surface area contributed by atoms with Gasteiger partial charge in [-0.05, 0) is 17.7 Å². The Bertz CT molecular complexity index is 542. The van der Waals surface area contributed by atoms with Crippen LogP contribution in [0.5, 0.6) is 0 Å². The molecule has 0 fully saturated rings. The Morgan fingerprint density at radius 1 is 1.11 bits per heavy atom. The van der Waals surface area contributed by atoms with Gasteiger partial charge in [0.1, 0.15) is 0 Å². The van der Waals surface area contributed by atoms with Crippen molar-refractivity contribution in [2.45, 2.75) is 12.7 Å². The third kappa shape index (κ3) is 3.62. The summed E-state index contributed by atoms with van der Waals surface area (Å²) >= 11 is 0. The van der Waals surface area contributed by atoms with Crippen molar-refractivity contribution in [1.82, 2.24) is 15.0 Å². The standard InChI is InChI=1S/C11H9F3N4.ClH/c12-11(13,14)10-17-5-8(6-18-10)9-3-7(4-15)1-2-16-9;/h1-3,5-6H,4,15H2;1H. The van der Waals surface area contributed by atoms with E-state index in [2.05, 4.69) is 15.0 Å². The Balaban J connectivity index is 0.00000180. The lowest BCUT2D eigenvalue weighted by atomic mass is 10.1. The highest BCUT2D eigenvalue weighted by atomic mass is 35.5. The highest BCUT2D eigenvalue weighted by Crippen LogP contribution is 2.26. The Kier molecular flexibility index (Phi) is 4.79. The number of nitrogens with zero attached hydrogens (tertiary/aromatic N) is 3. The van der Waals surface area contributed by atoms with Crippen molar-refractivity contribution in [2.75, 3.05) is 0 Å². The molecule has 4 nitrogen and oxygen atoms in total. The maximum absolute atomic E-state index is 12.3. The summed E-state index contributed by atoms with van der Waals surface area (Å²) in [6.07, 6.45) is -0.808. The summed E-state index contributed by atoms with van der Waals surface area (Å²) in [5.74, 6) is -1.17. The first-order valence-corrected chi connectivity index (χ1v) is 5.05. The minimum Gasteiger partial charge on any atom is -0.326 e. The van der Waals surface area contributed by atoms with E-state index >= 15 is 0 Å². The van der Waals surface area contributed by atoms with Crippen LogP contribution in [0.3, 0.4) is 0 Å². The predicted octanol–water partition coefficient (Wildman–Crippen LogP) is 2.44. The van der Waals surface area contributed by atoms with Crippen LogP contribution in [0.4, 0.5) is 13.2 Å². The molecule has 0 saturated carbocycles. The molecule has 2 N–H and O–H groups in total. The van der Waals surface area contributed by atoms with Crippen LogP contribution in [0.1, 0.15) is 11.4 Å². The van der Waals surface area contributed by atoms with E-state index in [-0.39, 0.29) is 12.4 Å². The van der Waals surface area contributed by atoms with Crippen molar-refractivity contribution < 1.29 is 13.2 Å². The van der Waals surface area contributed by atoms with Crippen LogP contribution in [0.15, 0.2) is 30.7 Å². The molecule has 0 aliphatic carbocycles. The Hall–Kier alpha value is -1.73. The molecule has 0 aliphatic rings. The van der Waals surface area contributed by atoms with Gasteiger partial charge in [-0.1, -0.05) is 0 Å². The first kappa shape index (κ1) is 15.3. The third-order valence-corrected chi connectivity index (χ3v) is 2.26. The number of alkyl halides is 3. The first-order valence-electron chi connectivity index (χ1n) is 5.05. The second kappa shape index (κ2) is 5.94. The van der Waals surface area contributed by atoms with Crippen LogP contribution in [0, 0.1) is 0 Å². The zero-order valence-corrected chi connectivity index (χ0v) is 10.4. The van der Waals surface area contributed by atoms with Gasteiger partial charge >= 0.3 is 6.18 Å². The highest BCUT2D eigenvalue weighted by molar-refractivity contribution is 5.85. The maximum atomic E-state index is 12.3. The summed E-state index contributed by atoms with van der Waals surface area (Å²) in [4.78, 5) is 10.6. The molecule has 0 atom stereocenters. The van der Waals surface area contributed by atoms with Gasteiger partial charge in [0.25, 0.3) is 0 Å². The second-order valence-electron chi connectivity index (χ2n) is 3.55. The molecule has 8 heteroatoms. The van der Waals surface area contributed by atoms with Crippen LogP contribution < -0.4 is 5.73 Å². The summed E-state index contributed by atoms with van der Waals surface area (Å²) in [6.45, 7) is 0.330. The smallest absolute Gasteiger partial charge is 0.326 e. The summed E-state index contributed by atoms with van der Waals surface area (Å²) < 4.78 is 36.9. The molecular weight excluding hydrogens is 281 g/mol. The van der Waals surface area contributed by atoms with Gasteiger partial charge in [-0.15, -0.1) is 12.4 Å². The van der Waals surface area contributed by atoms with E-state index in [1.165, 1.54) is 6.20 Å². The van der Waals surface area contributed by atoms with Crippen LogP contribution in [-0.2, 0) is 12.7 Å². The zero-order valence-electron chi connectivity index (χ0n) is 9.55. The van der Waals surface area contributed by atoms with Crippen LogP contribution >= 0.6 is 12.4 Å². The van der Waals surface area contributed by atoms with Crippen LogP contribution in [0.25, 0.3) is 11.3 Å². The second-order valence-corrected chi connectivity index (χ2v) is 3.55. The van der Waals surface area contributed by atoms with Gasteiger partial charge in [0.15, 0.2) is 0 Å². The Morgan fingerprint density at radius 3 is 2.26 bits per heavy atom. The molecule has 0 amide bonds. The van der Waals surface area contributed by atoms with Crippen LogP contribution in [-0.4, -0.2) is 15.0 Å². The van der Waals surface area contributed by atoms with E-state index in [0.29, 0.717) is 17.8 Å². The molecular formula is C11H10ClF3N4. The van der Waals surface area contributed by atoms with E-state index in [9.17, 15) is 13.2 Å². The van der Waals surface area contributed by atoms with Crippen molar-refractivity contribution >= 4 is 12.4 Å². The van der Waals surface area contributed by atoms with Crippen molar-refractivity contribution in [3.63, 3.8) is 0 Å². The van der Waals surface area contributed by atoms with Crippen molar-refractivity contribution in [2.24, 2.45) is 5.73 Å². The predicted molar refractivity (Wildman–Crippen MR) is 65.4 cm³/mol. The third-order valence-electron chi connectivity index (χ3n) is 2.26. The SMILES string of the molecule is Cl.NCc1ccnc(-c2cnc(C(F)(F)F)nc2)c1. The number of nitrogens with two attached hydrogens (primary N) is 1. The number of rotatable bonds is 2. The number of hydrogen-bond acceptors (Lipinski definition) is 4. The van der Waals surface area contributed by atoms with Gasteiger partial charge in [-0.3, -0.25) is 4.98 Å². The zero-order chi connectivity index (χ0) is 13.2.